The molecule has 0 fully saturated rings. The molecule has 0 bridgehead atoms. The molecule has 0 saturated carbocycles. The first-order valence-electron chi connectivity index (χ1n) is 10.2. The van der Waals surface area contributed by atoms with E-state index < -0.39 is 0 Å². The Kier molecular flexibility index (Phi) is 7.69. The molecule has 34 heavy (non-hydrogen) atoms. The summed E-state index contributed by atoms with van der Waals surface area (Å²) in [6.07, 6.45) is 0. The second-order valence-electron chi connectivity index (χ2n) is 7.58. The normalized spacial score (nSPS) is 10.9. The van der Waals surface area contributed by atoms with E-state index in [-0.39, 0.29) is 5.91 Å². The third-order valence-corrected chi connectivity index (χ3v) is 6.18. The highest BCUT2D eigenvalue weighted by atomic mass is 35.5. The zero-order chi connectivity index (χ0) is 24.2. The number of rotatable bonds is 7. The summed E-state index contributed by atoms with van der Waals surface area (Å²) in [4.78, 5) is 12.7. The Morgan fingerprint density at radius 1 is 0.912 bits per heavy atom. The van der Waals surface area contributed by atoms with Crippen LogP contribution in [0.15, 0.2) is 66.7 Å². The van der Waals surface area contributed by atoms with Crippen molar-refractivity contribution < 1.29 is 9.53 Å². The smallest absolute Gasteiger partial charge is 0.256 e. The van der Waals surface area contributed by atoms with Crippen molar-refractivity contribution in [3.63, 3.8) is 0 Å². The van der Waals surface area contributed by atoms with Crippen molar-refractivity contribution in [3.8, 4) is 5.75 Å². The second-order valence-corrected chi connectivity index (χ2v) is 9.27. The Balaban J connectivity index is 1.37. The maximum atomic E-state index is 12.7. The Labute approximate surface area is 217 Å². The van der Waals surface area contributed by atoms with Crippen LogP contribution in [0.2, 0.25) is 20.1 Å². The highest BCUT2D eigenvalue weighted by Gasteiger charge is 2.12. The lowest BCUT2D eigenvalue weighted by Gasteiger charge is -2.09. The van der Waals surface area contributed by atoms with E-state index in [4.69, 9.17) is 51.1 Å². The van der Waals surface area contributed by atoms with Crippen molar-refractivity contribution in [2.75, 3.05) is 5.32 Å². The van der Waals surface area contributed by atoms with E-state index in [2.05, 4.69) is 10.4 Å². The van der Waals surface area contributed by atoms with E-state index in [1.54, 1.807) is 53.2 Å². The average Bonchev–Trinajstić information content (AvgIpc) is 3.14. The molecule has 0 aliphatic heterocycles. The number of aromatic nitrogens is 2. The number of carbonyl (C=O) groups is 1. The number of hydrogen-bond acceptors (Lipinski definition) is 3. The number of ether oxygens (including phenoxy) is 1. The molecule has 1 amide bonds. The standard InChI is InChI=1S/C25H19Cl4N3O2/c1-15-10-24(31-32(15)13-18-6-7-19(26)11-21(18)28)30-25(33)17-4-2-16(3-5-17)14-34-23-9-8-20(27)12-22(23)29/h2-12H,13-14H2,1H3,(H,30,31,33). The predicted octanol–water partition coefficient (Wildman–Crippen LogP) is 7.68. The van der Waals surface area contributed by atoms with Gasteiger partial charge in [-0.15, -0.1) is 0 Å². The Morgan fingerprint density at radius 3 is 2.26 bits per heavy atom. The van der Waals surface area contributed by atoms with Crippen LogP contribution in [0.3, 0.4) is 0 Å². The van der Waals surface area contributed by atoms with Crippen molar-refractivity contribution >= 4 is 58.1 Å². The molecule has 0 aliphatic carbocycles. The quantitative estimate of drug-likeness (QED) is 0.264. The van der Waals surface area contributed by atoms with E-state index in [0.717, 1.165) is 16.8 Å². The molecule has 9 heteroatoms. The SMILES string of the molecule is Cc1cc(NC(=O)c2ccc(COc3ccc(Cl)cc3Cl)cc2)nn1Cc1ccc(Cl)cc1Cl. The van der Waals surface area contributed by atoms with E-state index >= 15 is 0 Å². The molecule has 1 aromatic heterocycles. The summed E-state index contributed by atoms with van der Waals surface area (Å²) in [5, 5.41) is 9.44. The maximum absolute atomic E-state index is 12.7. The van der Waals surface area contributed by atoms with Gasteiger partial charge in [0, 0.05) is 32.4 Å². The van der Waals surface area contributed by atoms with Crippen molar-refractivity contribution in [2.45, 2.75) is 20.1 Å². The molecular formula is C25H19Cl4N3O2. The minimum absolute atomic E-state index is 0.262. The van der Waals surface area contributed by atoms with Gasteiger partial charge in [0.2, 0.25) is 0 Å². The first-order chi connectivity index (χ1) is 16.3. The highest BCUT2D eigenvalue weighted by molar-refractivity contribution is 6.35. The lowest BCUT2D eigenvalue weighted by atomic mass is 10.1. The topological polar surface area (TPSA) is 56.1 Å². The average molecular weight is 535 g/mol. The lowest BCUT2D eigenvalue weighted by molar-refractivity contribution is 0.102. The van der Waals surface area contributed by atoms with Crippen LogP contribution >= 0.6 is 46.4 Å². The molecule has 0 radical (unpaired) electrons. The van der Waals surface area contributed by atoms with Crippen molar-refractivity contribution in [3.05, 3.63) is 109 Å². The van der Waals surface area contributed by atoms with Crippen LogP contribution in [0.5, 0.6) is 5.75 Å². The number of nitrogens with zero attached hydrogens (tertiary/aromatic N) is 2. The van der Waals surface area contributed by atoms with Gasteiger partial charge in [0.05, 0.1) is 11.6 Å². The van der Waals surface area contributed by atoms with Crippen LogP contribution in [0, 0.1) is 6.92 Å². The molecule has 5 nitrogen and oxygen atoms in total. The first kappa shape index (κ1) is 24.4. The van der Waals surface area contributed by atoms with Gasteiger partial charge in [-0.25, -0.2) is 0 Å². The number of hydrogen-bond donors (Lipinski definition) is 1. The number of carbonyl (C=O) groups excluding carboxylic acids is 1. The summed E-state index contributed by atoms with van der Waals surface area (Å²) >= 11 is 24.3. The third-order valence-electron chi connectivity index (χ3n) is 5.06. The molecule has 4 rings (SSSR count). The molecular weight excluding hydrogens is 516 g/mol. The van der Waals surface area contributed by atoms with Crippen LogP contribution in [0.25, 0.3) is 0 Å². The maximum Gasteiger partial charge on any atom is 0.256 e. The van der Waals surface area contributed by atoms with Crippen LogP contribution in [0.1, 0.15) is 27.2 Å². The van der Waals surface area contributed by atoms with Gasteiger partial charge in [0.15, 0.2) is 5.82 Å². The summed E-state index contributed by atoms with van der Waals surface area (Å²) in [5.41, 5.74) is 3.16. The number of amides is 1. The van der Waals surface area contributed by atoms with Gasteiger partial charge < -0.3 is 10.1 Å². The second kappa shape index (κ2) is 10.7. The van der Waals surface area contributed by atoms with Gasteiger partial charge in [-0.3, -0.25) is 9.48 Å². The summed E-state index contributed by atoms with van der Waals surface area (Å²) < 4.78 is 7.50. The molecule has 0 unspecified atom stereocenters. The van der Waals surface area contributed by atoms with E-state index in [1.165, 1.54) is 0 Å². The number of nitrogens with one attached hydrogen (secondary N) is 1. The first-order valence-corrected chi connectivity index (χ1v) is 11.8. The molecule has 1 N–H and O–H groups in total. The van der Waals surface area contributed by atoms with Gasteiger partial charge in [-0.2, -0.15) is 5.10 Å². The summed E-state index contributed by atoms with van der Waals surface area (Å²) in [6, 6.07) is 19.3. The van der Waals surface area contributed by atoms with Crippen LogP contribution in [0.4, 0.5) is 5.82 Å². The summed E-state index contributed by atoms with van der Waals surface area (Å²) in [6.45, 7) is 2.68. The summed E-state index contributed by atoms with van der Waals surface area (Å²) in [7, 11) is 0. The lowest BCUT2D eigenvalue weighted by Crippen LogP contribution is -2.13. The third kappa shape index (κ3) is 6.05. The molecule has 3 aromatic carbocycles. The number of benzene rings is 3. The molecule has 0 spiro atoms. The van der Waals surface area contributed by atoms with Crippen molar-refractivity contribution in [1.82, 2.24) is 9.78 Å². The van der Waals surface area contributed by atoms with Gasteiger partial charge in [0.25, 0.3) is 5.91 Å². The zero-order valence-corrected chi connectivity index (χ0v) is 21.0. The highest BCUT2D eigenvalue weighted by Crippen LogP contribution is 2.28. The fourth-order valence-corrected chi connectivity index (χ4v) is 4.17. The largest absolute Gasteiger partial charge is 0.487 e. The number of halogens is 4. The van der Waals surface area contributed by atoms with Gasteiger partial charge in [-0.05, 0) is 60.5 Å². The Morgan fingerprint density at radius 2 is 1.59 bits per heavy atom. The van der Waals surface area contributed by atoms with Crippen molar-refractivity contribution in [1.29, 1.82) is 0 Å². The molecule has 0 atom stereocenters. The van der Waals surface area contributed by atoms with Gasteiger partial charge >= 0.3 is 0 Å². The van der Waals surface area contributed by atoms with E-state index in [0.29, 0.717) is 50.4 Å². The zero-order valence-electron chi connectivity index (χ0n) is 18.0. The number of aryl methyl sites for hydroxylation is 1. The fraction of sp³-hybridized carbons (Fsp3) is 0.120. The predicted molar refractivity (Wildman–Crippen MR) is 138 cm³/mol. The fourth-order valence-electron chi connectivity index (χ4n) is 3.24. The minimum atomic E-state index is -0.262. The van der Waals surface area contributed by atoms with E-state index in [9.17, 15) is 4.79 Å². The minimum Gasteiger partial charge on any atom is -0.487 e. The molecule has 1 heterocycles. The van der Waals surface area contributed by atoms with Crippen LogP contribution in [-0.2, 0) is 13.2 Å². The van der Waals surface area contributed by atoms with E-state index in [1.807, 2.05) is 25.1 Å². The Hall–Kier alpha value is -2.70. The summed E-state index contributed by atoms with van der Waals surface area (Å²) in [5.74, 6) is 0.735. The molecule has 174 valence electrons. The monoisotopic (exact) mass is 533 g/mol. The van der Waals surface area contributed by atoms with Crippen LogP contribution < -0.4 is 10.1 Å². The molecule has 4 aromatic rings. The van der Waals surface area contributed by atoms with Gasteiger partial charge in [0.1, 0.15) is 12.4 Å². The molecule has 0 saturated heterocycles. The van der Waals surface area contributed by atoms with Crippen LogP contribution in [-0.4, -0.2) is 15.7 Å². The number of anilines is 1. The van der Waals surface area contributed by atoms with Gasteiger partial charge in [-0.1, -0.05) is 64.6 Å². The van der Waals surface area contributed by atoms with Crippen molar-refractivity contribution in [2.24, 2.45) is 0 Å². The Bertz CT molecular complexity index is 1340. The molecule has 0 aliphatic rings.